The fourth-order valence-electron chi connectivity index (χ4n) is 3.90. The number of piperazine rings is 1. The molecule has 1 unspecified atom stereocenters. The summed E-state index contributed by atoms with van der Waals surface area (Å²) in [5.41, 5.74) is 2.67. The molecule has 4 rings (SSSR count). The first-order valence-corrected chi connectivity index (χ1v) is 8.96. The molecule has 1 aromatic carbocycles. The van der Waals surface area contributed by atoms with Crippen LogP contribution in [0.3, 0.4) is 0 Å². The van der Waals surface area contributed by atoms with E-state index in [-0.39, 0.29) is 17.9 Å². The Morgan fingerprint density at radius 2 is 2.12 bits per heavy atom. The zero-order valence-corrected chi connectivity index (χ0v) is 15.1. The van der Waals surface area contributed by atoms with Crippen LogP contribution >= 0.6 is 0 Å². The minimum Gasteiger partial charge on any atom is -0.336 e. The molecule has 7 heteroatoms. The van der Waals surface area contributed by atoms with Crippen LogP contribution in [0.5, 0.6) is 0 Å². The fraction of sp³-hybridized carbons (Fsp3) is 0.421. The third-order valence-electron chi connectivity index (χ3n) is 5.26. The van der Waals surface area contributed by atoms with E-state index in [0.29, 0.717) is 25.2 Å². The smallest absolute Gasteiger partial charge is 0.254 e. The molecule has 0 saturated carbocycles. The third kappa shape index (κ3) is 2.78. The molecule has 1 fully saturated rings. The molecule has 1 saturated heterocycles. The lowest BCUT2D eigenvalue weighted by atomic mass is 10.1. The molecule has 0 spiro atoms. The van der Waals surface area contributed by atoms with Gasteiger partial charge in [-0.2, -0.15) is 0 Å². The molecule has 7 nitrogen and oxygen atoms in total. The summed E-state index contributed by atoms with van der Waals surface area (Å²) in [6.45, 7) is 4.38. The number of imidazole rings is 1. The molecule has 0 radical (unpaired) electrons. The molecule has 2 aliphatic rings. The van der Waals surface area contributed by atoms with E-state index in [1.165, 1.54) is 0 Å². The van der Waals surface area contributed by atoms with Crippen molar-refractivity contribution in [1.82, 2.24) is 19.8 Å². The summed E-state index contributed by atoms with van der Waals surface area (Å²) in [5.74, 6) is 0.942. The average molecular weight is 353 g/mol. The summed E-state index contributed by atoms with van der Waals surface area (Å²) in [7, 11) is 1.95. The normalized spacial score (nSPS) is 19.5. The maximum atomic E-state index is 13.2. The van der Waals surface area contributed by atoms with Crippen LogP contribution in [0, 0.1) is 0 Å². The summed E-state index contributed by atoms with van der Waals surface area (Å²) < 4.78 is 1.96. The number of benzene rings is 1. The Kier molecular flexibility index (Phi) is 4.24. The number of amides is 2. The van der Waals surface area contributed by atoms with Gasteiger partial charge < -0.3 is 19.7 Å². The molecule has 1 aromatic heterocycles. The van der Waals surface area contributed by atoms with Crippen LogP contribution in [-0.4, -0.2) is 52.4 Å². The number of aromatic nitrogens is 2. The number of anilines is 1. The lowest BCUT2D eigenvalue weighted by Gasteiger charge is -2.36. The largest absolute Gasteiger partial charge is 0.336 e. The number of hydrogen-bond donors (Lipinski definition) is 1. The zero-order chi connectivity index (χ0) is 18.3. The monoisotopic (exact) mass is 353 g/mol. The number of rotatable bonds is 2. The molecule has 1 atom stereocenters. The average Bonchev–Trinajstić information content (AvgIpc) is 3.26. The van der Waals surface area contributed by atoms with Crippen molar-refractivity contribution in [2.24, 2.45) is 7.05 Å². The van der Waals surface area contributed by atoms with Gasteiger partial charge in [0, 0.05) is 63.8 Å². The summed E-state index contributed by atoms with van der Waals surface area (Å²) in [5, 5.41) is 3.36. The van der Waals surface area contributed by atoms with Gasteiger partial charge in [0.15, 0.2) is 0 Å². The van der Waals surface area contributed by atoms with Crippen LogP contribution in [0.4, 0.5) is 5.69 Å². The predicted octanol–water partition coefficient (Wildman–Crippen LogP) is 1.12. The highest BCUT2D eigenvalue weighted by Crippen LogP contribution is 2.30. The minimum absolute atomic E-state index is 0.0172. The Morgan fingerprint density at radius 1 is 1.27 bits per heavy atom. The molecule has 2 amide bonds. The van der Waals surface area contributed by atoms with Crippen LogP contribution < -0.4 is 10.2 Å². The van der Waals surface area contributed by atoms with Crippen LogP contribution in [0.15, 0.2) is 30.6 Å². The predicted molar refractivity (Wildman–Crippen MR) is 98.0 cm³/mol. The lowest BCUT2D eigenvalue weighted by molar-refractivity contribution is -0.116. The van der Waals surface area contributed by atoms with E-state index in [4.69, 9.17) is 0 Å². The van der Waals surface area contributed by atoms with Crippen molar-refractivity contribution >= 4 is 17.5 Å². The topological polar surface area (TPSA) is 70.5 Å². The van der Waals surface area contributed by atoms with E-state index in [0.717, 1.165) is 30.0 Å². The first-order chi connectivity index (χ1) is 12.6. The van der Waals surface area contributed by atoms with Gasteiger partial charge >= 0.3 is 0 Å². The molecule has 26 heavy (non-hydrogen) atoms. The van der Waals surface area contributed by atoms with Crippen LogP contribution in [0.2, 0.25) is 0 Å². The van der Waals surface area contributed by atoms with Crippen molar-refractivity contribution in [3.05, 3.63) is 47.5 Å². The van der Waals surface area contributed by atoms with Gasteiger partial charge in [-0.25, -0.2) is 4.98 Å². The summed E-state index contributed by atoms with van der Waals surface area (Å²) in [6, 6.07) is 5.59. The number of aryl methyl sites for hydroxylation is 1. The molecule has 2 aromatic rings. The molecular weight excluding hydrogens is 330 g/mol. The van der Waals surface area contributed by atoms with Crippen LogP contribution in [-0.2, 0) is 18.3 Å². The van der Waals surface area contributed by atoms with Gasteiger partial charge in [-0.05, 0) is 30.2 Å². The SMILES string of the molecule is CC(=O)N1CCc2cc(C(=O)N3CCNCC3c3nccn3C)ccc21. The maximum Gasteiger partial charge on any atom is 0.254 e. The van der Waals surface area contributed by atoms with E-state index in [1.54, 1.807) is 18.0 Å². The van der Waals surface area contributed by atoms with Gasteiger partial charge in [-0.1, -0.05) is 0 Å². The highest BCUT2D eigenvalue weighted by atomic mass is 16.2. The second kappa shape index (κ2) is 6.57. The van der Waals surface area contributed by atoms with E-state index >= 15 is 0 Å². The number of fused-ring (bicyclic) bond motifs is 1. The summed E-state index contributed by atoms with van der Waals surface area (Å²) >= 11 is 0. The molecule has 1 N–H and O–H groups in total. The highest BCUT2D eigenvalue weighted by Gasteiger charge is 2.32. The number of carbonyl (C=O) groups is 2. The van der Waals surface area contributed by atoms with Crippen molar-refractivity contribution in [2.75, 3.05) is 31.1 Å². The van der Waals surface area contributed by atoms with Gasteiger partial charge in [-0.3, -0.25) is 9.59 Å². The first kappa shape index (κ1) is 16.8. The van der Waals surface area contributed by atoms with Gasteiger partial charge in [0.1, 0.15) is 11.9 Å². The third-order valence-corrected chi connectivity index (χ3v) is 5.26. The molecule has 0 bridgehead atoms. The molecule has 136 valence electrons. The van der Waals surface area contributed by atoms with E-state index in [9.17, 15) is 9.59 Å². The van der Waals surface area contributed by atoms with E-state index in [2.05, 4.69) is 10.3 Å². The number of carbonyl (C=O) groups excluding carboxylic acids is 2. The highest BCUT2D eigenvalue weighted by molar-refractivity contribution is 5.98. The minimum atomic E-state index is -0.0850. The number of nitrogens with one attached hydrogen (secondary N) is 1. The van der Waals surface area contributed by atoms with Crippen molar-refractivity contribution in [1.29, 1.82) is 0 Å². The lowest BCUT2D eigenvalue weighted by Crippen LogP contribution is -2.49. The van der Waals surface area contributed by atoms with Gasteiger partial charge in [0.05, 0.1) is 0 Å². The summed E-state index contributed by atoms with van der Waals surface area (Å²) in [4.78, 5) is 33.0. The van der Waals surface area contributed by atoms with Crippen molar-refractivity contribution in [3.63, 3.8) is 0 Å². The Hall–Kier alpha value is -2.67. The van der Waals surface area contributed by atoms with Gasteiger partial charge in [0.2, 0.25) is 5.91 Å². The van der Waals surface area contributed by atoms with Crippen molar-refractivity contribution < 1.29 is 9.59 Å². The fourth-order valence-corrected chi connectivity index (χ4v) is 3.90. The Morgan fingerprint density at radius 3 is 2.85 bits per heavy atom. The van der Waals surface area contributed by atoms with Crippen molar-refractivity contribution in [3.8, 4) is 0 Å². The molecule has 3 heterocycles. The van der Waals surface area contributed by atoms with Crippen LogP contribution in [0.25, 0.3) is 0 Å². The summed E-state index contributed by atoms with van der Waals surface area (Å²) in [6.07, 6.45) is 4.46. The molecular formula is C19H23N5O2. The van der Waals surface area contributed by atoms with E-state index in [1.807, 2.05) is 40.9 Å². The Balaban J connectivity index is 1.62. The first-order valence-electron chi connectivity index (χ1n) is 8.96. The molecule has 2 aliphatic heterocycles. The van der Waals surface area contributed by atoms with Gasteiger partial charge in [-0.15, -0.1) is 0 Å². The quantitative estimate of drug-likeness (QED) is 0.878. The zero-order valence-electron chi connectivity index (χ0n) is 15.1. The Bertz CT molecular complexity index is 859. The van der Waals surface area contributed by atoms with Gasteiger partial charge in [0.25, 0.3) is 5.91 Å². The van der Waals surface area contributed by atoms with Crippen LogP contribution in [0.1, 0.15) is 34.7 Å². The molecule has 0 aliphatic carbocycles. The van der Waals surface area contributed by atoms with E-state index < -0.39 is 0 Å². The second-order valence-corrected chi connectivity index (χ2v) is 6.88. The maximum absolute atomic E-state index is 13.2. The Labute approximate surface area is 152 Å². The van der Waals surface area contributed by atoms with Crippen molar-refractivity contribution in [2.45, 2.75) is 19.4 Å². The second-order valence-electron chi connectivity index (χ2n) is 6.88. The standard InChI is InChI=1S/C19H23N5O2/c1-13(25)23-8-5-14-11-15(3-4-16(14)23)19(26)24-10-6-20-12-17(24)18-21-7-9-22(18)2/h3-4,7,9,11,17,20H,5-6,8,10,12H2,1-2H3. The number of nitrogens with zero attached hydrogens (tertiary/aromatic N) is 4. The number of hydrogen-bond acceptors (Lipinski definition) is 4.